The number of amides is 1. The highest BCUT2D eigenvalue weighted by Crippen LogP contribution is 2.23. The Balaban J connectivity index is 1.81. The van der Waals surface area contributed by atoms with E-state index in [-0.39, 0.29) is 28.8 Å². The minimum Gasteiger partial charge on any atom is -0.373 e. The molecule has 3 rings (SSSR count). The van der Waals surface area contributed by atoms with E-state index in [1.165, 1.54) is 57.7 Å². The molecule has 1 saturated heterocycles. The zero-order valence-electron chi connectivity index (χ0n) is 16.7. The molecule has 2 atom stereocenters. The van der Waals surface area contributed by atoms with Crippen molar-refractivity contribution in [2.45, 2.75) is 37.9 Å². The van der Waals surface area contributed by atoms with Crippen LogP contribution in [0.2, 0.25) is 0 Å². The minimum atomic E-state index is -3.67. The number of sulfonamides is 1. The Morgan fingerprint density at radius 2 is 1.62 bits per heavy atom. The molecule has 156 valence electrons. The van der Waals surface area contributed by atoms with Gasteiger partial charge in [-0.3, -0.25) is 4.79 Å². The first-order chi connectivity index (χ1) is 13.7. The van der Waals surface area contributed by atoms with E-state index >= 15 is 0 Å². The third kappa shape index (κ3) is 4.66. The fraction of sp³-hybridized carbons (Fsp3) is 0.381. The molecule has 1 aliphatic rings. The zero-order chi connectivity index (χ0) is 21.2. The van der Waals surface area contributed by atoms with Gasteiger partial charge in [0.1, 0.15) is 5.82 Å². The van der Waals surface area contributed by atoms with Crippen LogP contribution in [0.3, 0.4) is 0 Å². The summed E-state index contributed by atoms with van der Waals surface area (Å²) in [6.45, 7) is 6.49. The van der Waals surface area contributed by atoms with Crippen molar-refractivity contribution < 1.29 is 22.3 Å². The normalized spacial score (nSPS) is 20.4. The standard InChI is InChI=1S/C21H25FN2O4S/c1-4-24(19-9-7-18(22)8-10-19)21(25)17-5-11-20(12-6-17)29(26,27)23-13-15(2)28-16(3)14-23/h5-12,15-16H,4,13-14H2,1-3H3/t15-,16-/m1/s1. The van der Waals surface area contributed by atoms with Gasteiger partial charge in [-0.15, -0.1) is 0 Å². The Morgan fingerprint density at radius 3 is 2.14 bits per heavy atom. The molecule has 0 unspecified atom stereocenters. The summed E-state index contributed by atoms with van der Waals surface area (Å²) in [5, 5.41) is 0. The molecule has 1 fully saturated rings. The predicted octanol–water partition coefficient (Wildman–Crippen LogP) is 3.29. The van der Waals surface area contributed by atoms with Crippen molar-refractivity contribution in [2.75, 3.05) is 24.5 Å². The quantitative estimate of drug-likeness (QED) is 0.745. The molecular weight excluding hydrogens is 395 g/mol. The van der Waals surface area contributed by atoms with Gasteiger partial charge in [-0.05, 0) is 69.3 Å². The summed E-state index contributed by atoms with van der Waals surface area (Å²) in [6.07, 6.45) is -0.355. The van der Waals surface area contributed by atoms with E-state index < -0.39 is 10.0 Å². The second-order valence-electron chi connectivity index (χ2n) is 7.13. The van der Waals surface area contributed by atoms with Crippen LogP contribution in [0.4, 0.5) is 10.1 Å². The van der Waals surface area contributed by atoms with Crippen LogP contribution >= 0.6 is 0 Å². The zero-order valence-corrected chi connectivity index (χ0v) is 17.5. The maximum absolute atomic E-state index is 13.2. The lowest BCUT2D eigenvalue weighted by Crippen LogP contribution is -2.48. The third-order valence-electron chi connectivity index (χ3n) is 4.82. The molecule has 1 heterocycles. The number of morpholine rings is 1. The fourth-order valence-electron chi connectivity index (χ4n) is 3.47. The molecule has 0 radical (unpaired) electrons. The number of nitrogens with zero attached hydrogens (tertiary/aromatic N) is 2. The molecule has 1 aliphatic heterocycles. The Hall–Kier alpha value is -2.29. The largest absolute Gasteiger partial charge is 0.373 e. The SMILES string of the molecule is CCN(C(=O)c1ccc(S(=O)(=O)N2C[C@@H](C)O[C@H](C)C2)cc1)c1ccc(F)cc1. The minimum absolute atomic E-state index is 0.139. The molecule has 0 saturated carbocycles. The van der Waals surface area contributed by atoms with Crippen LogP contribution in [-0.4, -0.2) is 50.5 Å². The number of carbonyl (C=O) groups excluding carboxylic acids is 1. The summed E-state index contributed by atoms with van der Waals surface area (Å²) >= 11 is 0. The van der Waals surface area contributed by atoms with E-state index in [9.17, 15) is 17.6 Å². The van der Waals surface area contributed by atoms with Gasteiger partial charge in [0.25, 0.3) is 5.91 Å². The summed E-state index contributed by atoms with van der Waals surface area (Å²) in [6, 6.07) is 11.6. The van der Waals surface area contributed by atoms with Crippen LogP contribution in [0.1, 0.15) is 31.1 Å². The summed E-state index contributed by atoms with van der Waals surface area (Å²) < 4.78 is 46.1. The Bertz CT molecular complexity index is 951. The maximum atomic E-state index is 13.2. The summed E-state index contributed by atoms with van der Waals surface area (Å²) in [5.41, 5.74) is 0.936. The molecule has 0 N–H and O–H groups in total. The van der Waals surface area contributed by atoms with E-state index in [1.54, 1.807) is 0 Å². The monoisotopic (exact) mass is 420 g/mol. The van der Waals surface area contributed by atoms with E-state index in [1.807, 2.05) is 20.8 Å². The van der Waals surface area contributed by atoms with Crippen molar-refractivity contribution >= 4 is 21.6 Å². The highest BCUT2D eigenvalue weighted by molar-refractivity contribution is 7.89. The van der Waals surface area contributed by atoms with Gasteiger partial charge < -0.3 is 9.64 Å². The van der Waals surface area contributed by atoms with Crippen LogP contribution in [0.25, 0.3) is 0 Å². The lowest BCUT2D eigenvalue weighted by atomic mass is 10.2. The number of ether oxygens (including phenoxy) is 1. The van der Waals surface area contributed by atoms with Gasteiger partial charge in [0.05, 0.1) is 17.1 Å². The van der Waals surface area contributed by atoms with Crippen LogP contribution in [0.5, 0.6) is 0 Å². The van der Waals surface area contributed by atoms with Gasteiger partial charge >= 0.3 is 0 Å². The lowest BCUT2D eigenvalue weighted by molar-refractivity contribution is -0.0440. The molecule has 0 spiro atoms. The molecule has 2 aromatic rings. The van der Waals surface area contributed by atoms with Crippen LogP contribution in [-0.2, 0) is 14.8 Å². The number of carbonyl (C=O) groups is 1. The van der Waals surface area contributed by atoms with Gasteiger partial charge in [-0.2, -0.15) is 4.31 Å². The Labute approximate surface area is 170 Å². The van der Waals surface area contributed by atoms with Crippen molar-refractivity contribution in [1.29, 1.82) is 0 Å². The first-order valence-electron chi connectivity index (χ1n) is 9.55. The van der Waals surface area contributed by atoms with Gasteiger partial charge in [0, 0.05) is 30.9 Å². The second-order valence-corrected chi connectivity index (χ2v) is 9.07. The smallest absolute Gasteiger partial charge is 0.258 e. The van der Waals surface area contributed by atoms with E-state index in [2.05, 4.69) is 0 Å². The molecular formula is C21H25FN2O4S. The number of halogens is 1. The molecule has 6 nitrogen and oxygen atoms in total. The van der Waals surface area contributed by atoms with E-state index in [0.29, 0.717) is 30.9 Å². The number of anilines is 1. The number of rotatable bonds is 5. The Morgan fingerprint density at radius 1 is 1.07 bits per heavy atom. The van der Waals surface area contributed by atoms with Crippen molar-refractivity contribution in [1.82, 2.24) is 4.31 Å². The van der Waals surface area contributed by atoms with Gasteiger partial charge in [0.15, 0.2) is 0 Å². The van der Waals surface area contributed by atoms with Crippen molar-refractivity contribution in [2.24, 2.45) is 0 Å². The third-order valence-corrected chi connectivity index (χ3v) is 6.67. The molecule has 8 heteroatoms. The van der Waals surface area contributed by atoms with E-state index in [4.69, 9.17) is 4.74 Å². The highest BCUT2D eigenvalue weighted by atomic mass is 32.2. The maximum Gasteiger partial charge on any atom is 0.258 e. The molecule has 2 aromatic carbocycles. The molecule has 0 bridgehead atoms. The highest BCUT2D eigenvalue weighted by Gasteiger charge is 2.32. The van der Waals surface area contributed by atoms with Crippen molar-refractivity contribution in [3.8, 4) is 0 Å². The number of benzene rings is 2. The Kier molecular flexibility index (Phi) is 6.36. The number of hydrogen-bond donors (Lipinski definition) is 0. The topological polar surface area (TPSA) is 66.9 Å². The van der Waals surface area contributed by atoms with Gasteiger partial charge in [-0.1, -0.05) is 0 Å². The predicted molar refractivity (Wildman–Crippen MR) is 109 cm³/mol. The van der Waals surface area contributed by atoms with Crippen molar-refractivity contribution in [3.63, 3.8) is 0 Å². The fourth-order valence-corrected chi connectivity index (χ4v) is 5.06. The lowest BCUT2D eigenvalue weighted by Gasteiger charge is -2.34. The summed E-state index contributed by atoms with van der Waals surface area (Å²) in [7, 11) is -3.67. The average Bonchev–Trinajstić information content (AvgIpc) is 2.69. The summed E-state index contributed by atoms with van der Waals surface area (Å²) in [4.78, 5) is 14.5. The van der Waals surface area contributed by atoms with Crippen LogP contribution in [0, 0.1) is 5.82 Å². The first-order valence-corrected chi connectivity index (χ1v) is 11.0. The van der Waals surface area contributed by atoms with Gasteiger partial charge in [-0.25, -0.2) is 12.8 Å². The van der Waals surface area contributed by atoms with Crippen LogP contribution < -0.4 is 4.90 Å². The molecule has 29 heavy (non-hydrogen) atoms. The van der Waals surface area contributed by atoms with Crippen molar-refractivity contribution in [3.05, 3.63) is 59.9 Å². The number of hydrogen-bond acceptors (Lipinski definition) is 4. The molecule has 0 aromatic heterocycles. The first kappa shape index (κ1) is 21.4. The van der Waals surface area contributed by atoms with Gasteiger partial charge in [0.2, 0.25) is 10.0 Å². The molecule has 0 aliphatic carbocycles. The average molecular weight is 421 g/mol. The van der Waals surface area contributed by atoms with Crippen LogP contribution in [0.15, 0.2) is 53.4 Å². The second kappa shape index (κ2) is 8.61. The molecule has 1 amide bonds. The summed E-state index contributed by atoms with van der Waals surface area (Å²) in [5.74, 6) is -0.657. The van der Waals surface area contributed by atoms with E-state index in [0.717, 1.165) is 0 Å².